The van der Waals surface area contributed by atoms with Crippen LogP contribution in [0.5, 0.6) is 0 Å². The van der Waals surface area contributed by atoms with Crippen LogP contribution < -0.4 is 10.6 Å². The van der Waals surface area contributed by atoms with Crippen molar-refractivity contribution in [3.05, 3.63) is 64.4 Å². The van der Waals surface area contributed by atoms with Gasteiger partial charge in [-0.2, -0.15) is 10.5 Å². The number of carbonyl (C=O) groups excluding carboxylic acids is 1. The number of rotatable bonds is 4. The number of nitrogens with one attached hydrogen (secondary N) is 2. The highest BCUT2D eigenvalue weighted by Crippen LogP contribution is 2.15. The van der Waals surface area contributed by atoms with Gasteiger partial charge in [-0.15, -0.1) is 0 Å². The third kappa shape index (κ3) is 4.40. The van der Waals surface area contributed by atoms with E-state index in [1.807, 2.05) is 12.1 Å². The molecule has 0 aliphatic carbocycles. The molecule has 0 saturated heterocycles. The highest BCUT2D eigenvalue weighted by atomic mass is 79.9. The number of amides is 1. The van der Waals surface area contributed by atoms with E-state index in [0.29, 0.717) is 17.1 Å². The molecule has 0 atom stereocenters. The van der Waals surface area contributed by atoms with Crippen molar-refractivity contribution < 1.29 is 4.79 Å². The molecule has 112 valence electrons. The van der Waals surface area contributed by atoms with Crippen LogP contribution in [0.3, 0.4) is 0 Å². The van der Waals surface area contributed by atoms with Gasteiger partial charge in [-0.3, -0.25) is 4.79 Å². The third-order valence-corrected chi connectivity index (χ3v) is 3.24. The number of para-hydroxylation sites is 1. The van der Waals surface area contributed by atoms with Crippen LogP contribution in [0, 0.1) is 22.7 Å². The second-order valence-electron chi connectivity index (χ2n) is 4.28. The summed E-state index contributed by atoms with van der Waals surface area (Å²) in [6.07, 6.45) is 2.84. The normalized spacial score (nSPS) is 10.3. The fourth-order valence-electron chi connectivity index (χ4n) is 1.66. The molecular formula is C16H10BrN5O. The lowest BCUT2D eigenvalue weighted by Crippen LogP contribution is -2.15. The number of aromatic nitrogens is 1. The molecule has 2 N–H and O–H groups in total. The van der Waals surface area contributed by atoms with Crippen molar-refractivity contribution in [2.24, 2.45) is 0 Å². The van der Waals surface area contributed by atoms with Gasteiger partial charge < -0.3 is 10.6 Å². The average Bonchev–Trinajstić information content (AvgIpc) is 2.56. The van der Waals surface area contributed by atoms with Gasteiger partial charge in [0.15, 0.2) is 0 Å². The second kappa shape index (κ2) is 7.74. The van der Waals surface area contributed by atoms with Crippen molar-refractivity contribution in [1.29, 1.82) is 10.5 Å². The molecule has 1 amide bonds. The van der Waals surface area contributed by atoms with Crippen molar-refractivity contribution >= 4 is 33.3 Å². The van der Waals surface area contributed by atoms with E-state index in [1.54, 1.807) is 42.6 Å². The van der Waals surface area contributed by atoms with Crippen molar-refractivity contribution in [2.75, 3.05) is 10.6 Å². The molecular weight excluding hydrogens is 358 g/mol. The number of nitrogens with zero attached hydrogens (tertiary/aromatic N) is 3. The fraction of sp³-hybridized carbons (Fsp3) is 0. The summed E-state index contributed by atoms with van der Waals surface area (Å²) in [5.74, 6) is -0.130. The van der Waals surface area contributed by atoms with Crippen LogP contribution >= 0.6 is 15.9 Å². The van der Waals surface area contributed by atoms with Crippen LogP contribution in [-0.4, -0.2) is 10.9 Å². The topological polar surface area (TPSA) is 102 Å². The van der Waals surface area contributed by atoms with Gasteiger partial charge in [0.2, 0.25) is 0 Å². The minimum Gasteiger partial charge on any atom is -0.345 e. The molecule has 2 aromatic rings. The predicted octanol–water partition coefficient (Wildman–Crippen LogP) is 3.17. The first-order valence-corrected chi connectivity index (χ1v) is 7.22. The highest BCUT2D eigenvalue weighted by Gasteiger charge is 2.11. The first-order valence-electron chi connectivity index (χ1n) is 6.43. The maximum Gasteiger partial charge on any atom is 0.267 e. The van der Waals surface area contributed by atoms with Crippen molar-refractivity contribution in [1.82, 2.24) is 4.98 Å². The van der Waals surface area contributed by atoms with E-state index in [9.17, 15) is 4.79 Å². The van der Waals surface area contributed by atoms with Crippen LogP contribution in [0.4, 0.5) is 11.5 Å². The monoisotopic (exact) mass is 367 g/mol. The third-order valence-electron chi connectivity index (χ3n) is 2.75. The zero-order valence-corrected chi connectivity index (χ0v) is 13.3. The molecule has 0 bridgehead atoms. The summed E-state index contributed by atoms with van der Waals surface area (Å²) in [5, 5.41) is 23.4. The van der Waals surface area contributed by atoms with Crippen LogP contribution in [-0.2, 0) is 4.79 Å². The van der Waals surface area contributed by atoms with E-state index >= 15 is 0 Å². The Morgan fingerprint density at radius 1 is 1.26 bits per heavy atom. The molecule has 0 aliphatic rings. The molecule has 7 heteroatoms. The summed E-state index contributed by atoms with van der Waals surface area (Å²) in [6, 6.07) is 13.8. The van der Waals surface area contributed by atoms with Gasteiger partial charge in [-0.25, -0.2) is 4.98 Å². The Bertz CT molecular complexity index is 848. The molecule has 0 saturated carbocycles. The molecule has 0 aliphatic heterocycles. The molecule has 0 fully saturated rings. The number of hydrogen-bond acceptors (Lipinski definition) is 5. The van der Waals surface area contributed by atoms with E-state index in [-0.39, 0.29) is 5.57 Å². The number of halogens is 1. The van der Waals surface area contributed by atoms with Gasteiger partial charge in [0.25, 0.3) is 5.91 Å². The Morgan fingerprint density at radius 3 is 2.74 bits per heavy atom. The number of anilines is 2. The summed E-state index contributed by atoms with van der Waals surface area (Å²) in [4.78, 5) is 16.2. The Kier molecular flexibility index (Phi) is 5.45. The van der Waals surface area contributed by atoms with Crippen LogP contribution in [0.2, 0.25) is 0 Å². The minimum atomic E-state index is -0.613. The van der Waals surface area contributed by atoms with Gasteiger partial charge >= 0.3 is 0 Å². The lowest BCUT2D eigenvalue weighted by molar-refractivity contribution is -0.112. The quantitative estimate of drug-likeness (QED) is 0.638. The zero-order chi connectivity index (χ0) is 16.7. The molecule has 1 aromatic carbocycles. The van der Waals surface area contributed by atoms with E-state index in [2.05, 4.69) is 31.5 Å². The van der Waals surface area contributed by atoms with Gasteiger partial charge in [0, 0.05) is 16.9 Å². The Balaban J connectivity index is 2.14. The maximum atomic E-state index is 12.1. The standard InChI is InChI=1S/C16H10BrN5O/c17-13-5-6-20-15(7-13)21-10-12(9-19)16(23)22-14-4-2-1-3-11(14)8-18/h1-7,10H,(H,20,21)(H,22,23)/b12-10-. The maximum absolute atomic E-state index is 12.1. The van der Waals surface area contributed by atoms with E-state index in [4.69, 9.17) is 10.5 Å². The van der Waals surface area contributed by atoms with Crippen molar-refractivity contribution in [2.45, 2.75) is 0 Å². The molecule has 0 spiro atoms. The summed E-state index contributed by atoms with van der Waals surface area (Å²) in [5.41, 5.74) is 0.529. The number of carbonyl (C=O) groups is 1. The molecule has 0 radical (unpaired) electrons. The smallest absolute Gasteiger partial charge is 0.267 e. The Hall–Kier alpha value is -3.16. The van der Waals surface area contributed by atoms with Gasteiger partial charge in [-0.1, -0.05) is 28.1 Å². The number of pyridine rings is 1. The first kappa shape index (κ1) is 16.2. The van der Waals surface area contributed by atoms with Gasteiger partial charge in [-0.05, 0) is 24.3 Å². The number of hydrogen-bond donors (Lipinski definition) is 2. The molecule has 0 unspecified atom stereocenters. The Morgan fingerprint density at radius 2 is 2.04 bits per heavy atom. The summed E-state index contributed by atoms with van der Waals surface area (Å²) in [7, 11) is 0. The molecule has 6 nitrogen and oxygen atoms in total. The molecule has 2 rings (SSSR count). The van der Waals surface area contributed by atoms with Crippen LogP contribution in [0.25, 0.3) is 0 Å². The molecule has 1 aromatic heterocycles. The average molecular weight is 368 g/mol. The SMILES string of the molecule is N#C/C(=C/Nc1cc(Br)ccn1)C(=O)Nc1ccccc1C#N. The summed E-state index contributed by atoms with van der Waals surface area (Å²) >= 11 is 3.30. The van der Waals surface area contributed by atoms with Crippen molar-refractivity contribution in [3.8, 4) is 12.1 Å². The van der Waals surface area contributed by atoms with Crippen LogP contribution in [0.1, 0.15) is 5.56 Å². The number of benzene rings is 1. The predicted molar refractivity (Wildman–Crippen MR) is 89.0 cm³/mol. The lowest BCUT2D eigenvalue weighted by atomic mass is 10.2. The van der Waals surface area contributed by atoms with E-state index in [1.165, 1.54) is 6.20 Å². The first-order chi connectivity index (χ1) is 11.1. The number of nitriles is 2. The lowest BCUT2D eigenvalue weighted by Gasteiger charge is -2.06. The second-order valence-corrected chi connectivity index (χ2v) is 5.20. The van der Waals surface area contributed by atoms with E-state index < -0.39 is 5.91 Å². The summed E-state index contributed by atoms with van der Waals surface area (Å²) < 4.78 is 0.814. The Labute approximate surface area is 141 Å². The van der Waals surface area contributed by atoms with Gasteiger partial charge in [0.05, 0.1) is 11.3 Å². The zero-order valence-electron chi connectivity index (χ0n) is 11.7. The molecule has 1 heterocycles. The summed E-state index contributed by atoms with van der Waals surface area (Å²) in [6.45, 7) is 0. The van der Waals surface area contributed by atoms with Crippen molar-refractivity contribution in [3.63, 3.8) is 0 Å². The van der Waals surface area contributed by atoms with Gasteiger partial charge in [0.1, 0.15) is 23.5 Å². The largest absolute Gasteiger partial charge is 0.345 e. The van der Waals surface area contributed by atoms with Crippen LogP contribution in [0.15, 0.2) is 58.8 Å². The fourth-order valence-corrected chi connectivity index (χ4v) is 1.99. The van der Waals surface area contributed by atoms with E-state index in [0.717, 1.165) is 4.47 Å². The molecule has 23 heavy (non-hydrogen) atoms. The highest BCUT2D eigenvalue weighted by molar-refractivity contribution is 9.10. The minimum absolute atomic E-state index is 0.139.